The number of para-hydroxylation sites is 1. The fraction of sp³-hybridized carbons (Fsp3) is 0.421. The Morgan fingerprint density at radius 3 is 2.73 bits per heavy atom. The molecule has 1 aromatic carbocycles. The summed E-state index contributed by atoms with van der Waals surface area (Å²) in [5.74, 6) is 0.866. The van der Waals surface area contributed by atoms with Gasteiger partial charge in [0.25, 0.3) is 0 Å². The molecule has 0 saturated heterocycles. The summed E-state index contributed by atoms with van der Waals surface area (Å²) in [4.78, 5) is 18.3. The van der Waals surface area contributed by atoms with Crippen molar-refractivity contribution in [3.8, 4) is 0 Å². The van der Waals surface area contributed by atoms with Gasteiger partial charge >= 0.3 is 0 Å². The first-order valence-corrected chi connectivity index (χ1v) is 8.83. The highest BCUT2D eigenvalue weighted by Gasteiger charge is 2.26. The highest BCUT2D eigenvalue weighted by molar-refractivity contribution is 6.01. The van der Waals surface area contributed by atoms with E-state index >= 15 is 0 Å². The normalized spacial score (nSPS) is 13.9. The van der Waals surface area contributed by atoms with Gasteiger partial charge in [-0.1, -0.05) is 18.2 Å². The van der Waals surface area contributed by atoms with Gasteiger partial charge in [-0.15, -0.1) is 0 Å². The van der Waals surface area contributed by atoms with Crippen molar-refractivity contribution >= 4 is 17.6 Å². The molecular formula is C19H26N6O. The van der Waals surface area contributed by atoms with Gasteiger partial charge in [-0.05, 0) is 25.5 Å². The maximum Gasteiger partial charge on any atom is 0.231 e. The lowest BCUT2D eigenvalue weighted by Gasteiger charge is -2.19. The van der Waals surface area contributed by atoms with Gasteiger partial charge < -0.3 is 15.5 Å². The van der Waals surface area contributed by atoms with Crippen molar-refractivity contribution in [1.29, 1.82) is 0 Å². The van der Waals surface area contributed by atoms with Gasteiger partial charge in [0.05, 0.1) is 12.1 Å². The molecule has 0 bridgehead atoms. The molecule has 7 nitrogen and oxygen atoms in total. The first kappa shape index (κ1) is 18.0. The number of carbonyl (C=O) groups excluding carboxylic acids is 1. The molecule has 138 valence electrons. The number of fused-ring (bicyclic) bond motifs is 1. The van der Waals surface area contributed by atoms with Crippen LogP contribution in [0, 0.1) is 13.8 Å². The fourth-order valence-corrected chi connectivity index (χ4v) is 3.31. The van der Waals surface area contributed by atoms with E-state index in [1.807, 2.05) is 47.8 Å². The third-order valence-corrected chi connectivity index (χ3v) is 4.87. The minimum Gasteiger partial charge on any atom is -0.355 e. The fourth-order valence-electron chi connectivity index (χ4n) is 3.31. The third-order valence-electron chi connectivity index (χ3n) is 4.87. The lowest BCUT2D eigenvalue weighted by molar-refractivity contribution is -0.117. The van der Waals surface area contributed by atoms with Gasteiger partial charge in [0.1, 0.15) is 0 Å². The van der Waals surface area contributed by atoms with E-state index in [9.17, 15) is 4.79 Å². The zero-order valence-electron chi connectivity index (χ0n) is 15.8. The molecule has 2 aromatic rings. The monoisotopic (exact) mass is 354 g/mol. The molecule has 7 heteroatoms. The molecule has 2 N–H and O–H groups in total. The van der Waals surface area contributed by atoms with Gasteiger partial charge in [-0.25, -0.2) is 0 Å². The first-order chi connectivity index (χ1) is 12.5. The lowest BCUT2D eigenvalue weighted by atomic mass is 10.2. The van der Waals surface area contributed by atoms with E-state index in [4.69, 9.17) is 0 Å². The van der Waals surface area contributed by atoms with Crippen LogP contribution < -0.4 is 15.5 Å². The van der Waals surface area contributed by atoms with Crippen molar-refractivity contribution in [2.45, 2.75) is 26.8 Å². The second-order valence-corrected chi connectivity index (χ2v) is 6.48. The highest BCUT2D eigenvalue weighted by atomic mass is 16.2. The summed E-state index contributed by atoms with van der Waals surface area (Å²) in [6.45, 7) is 5.98. The van der Waals surface area contributed by atoms with Crippen LogP contribution >= 0.6 is 0 Å². The number of nitrogens with zero attached hydrogens (tertiary/aromatic N) is 4. The SMILES string of the molecule is CN=C(NCCN1C(=O)Cc2ccccc21)NCc1c(C)nn(C)c1C. The second kappa shape index (κ2) is 7.59. The zero-order chi connectivity index (χ0) is 18.7. The molecular weight excluding hydrogens is 328 g/mol. The zero-order valence-corrected chi connectivity index (χ0v) is 15.8. The number of hydrogen-bond acceptors (Lipinski definition) is 3. The van der Waals surface area contributed by atoms with E-state index in [2.05, 4.69) is 27.6 Å². The second-order valence-electron chi connectivity index (χ2n) is 6.48. The quantitative estimate of drug-likeness (QED) is 0.627. The summed E-state index contributed by atoms with van der Waals surface area (Å²) in [5.41, 5.74) is 5.46. The molecule has 1 amide bonds. The Bertz CT molecular complexity index is 839. The number of nitrogens with one attached hydrogen (secondary N) is 2. The number of amides is 1. The van der Waals surface area contributed by atoms with Crippen molar-refractivity contribution in [3.63, 3.8) is 0 Å². The van der Waals surface area contributed by atoms with Gasteiger partial charge in [0.15, 0.2) is 5.96 Å². The van der Waals surface area contributed by atoms with E-state index < -0.39 is 0 Å². The molecule has 1 aliphatic heterocycles. The Hall–Kier alpha value is -2.83. The Morgan fingerprint density at radius 1 is 1.27 bits per heavy atom. The number of carbonyl (C=O) groups is 1. The molecule has 0 aliphatic carbocycles. The van der Waals surface area contributed by atoms with Crippen molar-refractivity contribution in [2.24, 2.45) is 12.0 Å². The lowest BCUT2D eigenvalue weighted by Crippen LogP contribution is -2.42. The standard InChI is InChI=1S/C19H26N6O/c1-13-16(14(2)24(4)23-13)12-22-19(20-3)21-9-10-25-17-8-6-5-7-15(17)11-18(25)26/h5-8H,9-12H2,1-4H3,(H2,20,21,22). The smallest absolute Gasteiger partial charge is 0.231 e. The highest BCUT2D eigenvalue weighted by Crippen LogP contribution is 2.27. The summed E-state index contributed by atoms with van der Waals surface area (Å²) in [6.07, 6.45) is 0.489. The minimum absolute atomic E-state index is 0.151. The average Bonchev–Trinajstić information content (AvgIpc) is 3.07. The Balaban J connectivity index is 1.53. The number of rotatable bonds is 5. The summed E-state index contributed by atoms with van der Waals surface area (Å²) in [6, 6.07) is 7.96. The van der Waals surface area contributed by atoms with Crippen LogP contribution in [-0.2, 0) is 24.8 Å². The topological polar surface area (TPSA) is 74.6 Å². The molecule has 0 radical (unpaired) electrons. The van der Waals surface area contributed by atoms with Crippen molar-refractivity contribution < 1.29 is 4.79 Å². The van der Waals surface area contributed by atoms with Crippen LogP contribution in [0.25, 0.3) is 0 Å². The van der Waals surface area contributed by atoms with Crippen LogP contribution in [0.4, 0.5) is 5.69 Å². The molecule has 0 fully saturated rings. The van der Waals surface area contributed by atoms with Crippen LogP contribution in [-0.4, -0.2) is 41.8 Å². The number of hydrogen-bond donors (Lipinski definition) is 2. The number of aliphatic imine (C=N–C) groups is 1. The molecule has 0 saturated carbocycles. The van der Waals surface area contributed by atoms with Gasteiger partial charge in [-0.2, -0.15) is 5.10 Å². The Kier molecular flexibility index (Phi) is 5.25. The summed E-state index contributed by atoms with van der Waals surface area (Å²) in [5, 5.41) is 11.0. The molecule has 2 heterocycles. The van der Waals surface area contributed by atoms with Crippen LogP contribution in [0.5, 0.6) is 0 Å². The van der Waals surface area contributed by atoms with Crippen LogP contribution in [0.1, 0.15) is 22.5 Å². The van der Waals surface area contributed by atoms with Crippen LogP contribution in [0.15, 0.2) is 29.3 Å². The Labute approximate surface area is 154 Å². The van der Waals surface area contributed by atoms with Crippen molar-refractivity contribution in [3.05, 3.63) is 46.8 Å². The molecule has 1 aromatic heterocycles. The van der Waals surface area contributed by atoms with Gasteiger partial charge in [0.2, 0.25) is 5.91 Å². The molecule has 1 aliphatic rings. The maximum absolute atomic E-state index is 12.2. The number of aromatic nitrogens is 2. The number of anilines is 1. The van der Waals surface area contributed by atoms with Gasteiger partial charge in [-0.3, -0.25) is 14.5 Å². The van der Waals surface area contributed by atoms with E-state index in [-0.39, 0.29) is 5.91 Å². The predicted octanol–water partition coefficient (Wildman–Crippen LogP) is 1.29. The van der Waals surface area contributed by atoms with Crippen LogP contribution in [0.3, 0.4) is 0 Å². The molecule has 0 unspecified atom stereocenters. The average molecular weight is 354 g/mol. The molecule has 26 heavy (non-hydrogen) atoms. The number of aryl methyl sites for hydroxylation is 2. The van der Waals surface area contributed by atoms with Crippen LogP contribution in [0.2, 0.25) is 0 Å². The Morgan fingerprint density at radius 2 is 2.04 bits per heavy atom. The summed E-state index contributed by atoms with van der Waals surface area (Å²) in [7, 11) is 3.69. The molecule has 0 spiro atoms. The number of guanidine groups is 1. The summed E-state index contributed by atoms with van der Waals surface area (Å²) < 4.78 is 1.89. The minimum atomic E-state index is 0.151. The first-order valence-electron chi connectivity index (χ1n) is 8.83. The molecule has 3 rings (SSSR count). The van der Waals surface area contributed by atoms with E-state index in [1.165, 1.54) is 5.56 Å². The predicted molar refractivity (Wildman–Crippen MR) is 103 cm³/mol. The van der Waals surface area contributed by atoms with E-state index in [1.54, 1.807) is 7.05 Å². The maximum atomic E-state index is 12.2. The third kappa shape index (κ3) is 3.56. The largest absolute Gasteiger partial charge is 0.355 e. The summed E-state index contributed by atoms with van der Waals surface area (Å²) >= 11 is 0. The molecule has 0 atom stereocenters. The van der Waals surface area contributed by atoms with E-state index in [0.717, 1.165) is 22.6 Å². The number of benzene rings is 1. The van der Waals surface area contributed by atoms with Gasteiger partial charge in [0, 0.05) is 50.7 Å². The van der Waals surface area contributed by atoms with Crippen molar-refractivity contribution in [1.82, 2.24) is 20.4 Å². The van der Waals surface area contributed by atoms with E-state index in [0.29, 0.717) is 32.0 Å². The van der Waals surface area contributed by atoms with Crippen molar-refractivity contribution in [2.75, 3.05) is 25.0 Å².